The number of hydrogen-bond donors (Lipinski definition) is 0. The lowest BCUT2D eigenvalue weighted by molar-refractivity contribution is -0.444. The molecule has 1 heterocycles. The maximum absolute atomic E-state index is 12.0. The third-order valence-corrected chi connectivity index (χ3v) is 3.77. The molecule has 4 heteroatoms. The van der Waals surface area contributed by atoms with E-state index in [1.165, 1.54) is 32.1 Å². The van der Waals surface area contributed by atoms with Gasteiger partial charge in [0.05, 0.1) is 5.60 Å². The summed E-state index contributed by atoms with van der Waals surface area (Å²) in [6.07, 6.45) is 12.1. The molecular weight excluding hydrogens is 292 g/mol. The van der Waals surface area contributed by atoms with E-state index in [2.05, 4.69) is 6.92 Å². The first-order valence-electron chi connectivity index (χ1n) is 9.03. The van der Waals surface area contributed by atoms with Gasteiger partial charge >= 0.3 is 0 Å². The zero-order chi connectivity index (χ0) is 17.3. The predicted molar refractivity (Wildman–Crippen MR) is 92.0 cm³/mol. The van der Waals surface area contributed by atoms with Gasteiger partial charge in [-0.25, -0.2) is 4.89 Å². The van der Waals surface area contributed by atoms with Gasteiger partial charge < -0.3 is 4.74 Å². The van der Waals surface area contributed by atoms with E-state index in [1.807, 2.05) is 20.8 Å². The molecule has 0 unspecified atom stereocenters. The maximum atomic E-state index is 12.0. The molecule has 1 aliphatic heterocycles. The Balaban J connectivity index is 2.33. The van der Waals surface area contributed by atoms with Crippen LogP contribution in [0.4, 0.5) is 0 Å². The molecule has 0 aromatic carbocycles. The van der Waals surface area contributed by atoms with Gasteiger partial charge in [0.2, 0.25) is 5.79 Å². The number of unbranched alkanes of at least 4 members (excludes halogenated alkanes) is 6. The van der Waals surface area contributed by atoms with Crippen molar-refractivity contribution in [3.63, 3.8) is 0 Å². The minimum atomic E-state index is -0.993. The van der Waals surface area contributed by atoms with Crippen molar-refractivity contribution in [2.24, 2.45) is 0 Å². The number of ketones is 1. The summed E-state index contributed by atoms with van der Waals surface area (Å²) < 4.78 is 5.84. The van der Waals surface area contributed by atoms with Crippen LogP contribution in [0.15, 0.2) is 12.2 Å². The molecule has 1 rings (SSSR count). The first kappa shape index (κ1) is 20.3. The molecule has 0 aliphatic carbocycles. The lowest BCUT2D eigenvalue weighted by Crippen LogP contribution is -2.43. The summed E-state index contributed by atoms with van der Waals surface area (Å²) in [6, 6.07) is 0. The van der Waals surface area contributed by atoms with E-state index in [0.29, 0.717) is 0 Å². The normalized spacial score (nSPS) is 25.1. The number of ether oxygens (including phenoxy) is 1. The lowest BCUT2D eigenvalue weighted by Gasteiger charge is -2.34. The summed E-state index contributed by atoms with van der Waals surface area (Å²) in [5, 5.41) is 0. The van der Waals surface area contributed by atoms with Crippen LogP contribution in [-0.2, 0) is 19.3 Å². The molecule has 1 aliphatic rings. The fraction of sp³-hybridized carbons (Fsp3) is 0.842. The Morgan fingerprint density at radius 2 is 1.74 bits per heavy atom. The first-order chi connectivity index (χ1) is 10.8. The number of carbonyl (C=O) groups excluding carboxylic acids is 1. The highest BCUT2D eigenvalue weighted by atomic mass is 17.2. The Morgan fingerprint density at radius 3 is 2.35 bits per heavy atom. The minimum Gasteiger partial charge on any atom is -0.333 e. The standard InChI is InChI=1S/C19H34O4/c1-6-7-8-9-10-11-12-13-17-16(20)14-15-19(5,21-17)23-22-18(2,3)4/h14-15,17H,6-13H2,1-5H3/t17-,19-/m1/s1. The van der Waals surface area contributed by atoms with Crippen LogP contribution in [0.5, 0.6) is 0 Å². The molecule has 134 valence electrons. The molecule has 0 saturated carbocycles. The average Bonchev–Trinajstić information content (AvgIpc) is 2.47. The van der Waals surface area contributed by atoms with E-state index in [4.69, 9.17) is 14.5 Å². The second-order valence-electron chi connectivity index (χ2n) is 7.55. The highest BCUT2D eigenvalue weighted by Crippen LogP contribution is 2.27. The van der Waals surface area contributed by atoms with Crippen molar-refractivity contribution in [1.82, 2.24) is 0 Å². The van der Waals surface area contributed by atoms with Gasteiger partial charge in [0, 0.05) is 0 Å². The summed E-state index contributed by atoms with van der Waals surface area (Å²) in [7, 11) is 0. The quantitative estimate of drug-likeness (QED) is 0.318. The fourth-order valence-electron chi connectivity index (χ4n) is 2.46. The molecule has 0 saturated heterocycles. The van der Waals surface area contributed by atoms with Crippen molar-refractivity contribution in [3.05, 3.63) is 12.2 Å². The Labute approximate surface area is 141 Å². The highest BCUT2D eigenvalue weighted by Gasteiger charge is 2.36. The monoisotopic (exact) mass is 326 g/mol. The number of carbonyl (C=O) groups is 1. The number of hydrogen-bond acceptors (Lipinski definition) is 4. The van der Waals surface area contributed by atoms with Crippen molar-refractivity contribution in [1.29, 1.82) is 0 Å². The molecule has 0 aromatic heterocycles. The van der Waals surface area contributed by atoms with E-state index >= 15 is 0 Å². The maximum Gasteiger partial charge on any atom is 0.219 e. The minimum absolute atomic E-state index is 0.0211. The van der Waals surface area contributed by atoms with Crippen molar-refractivity contribution < 1.29 is 19.3 Å². The first-order valence-corrected chi connectivity index (χ1v) is 9.03. The van der Waals surface area contributed by atoms with Crippen LogP contribution >= 0.6 is 0 Å². The van der Waals surface area contributed by atoms with Crippen LogP contribution in [-0.4, -0.2) is 23.3 Å². The summed E-state index contributed by atoms with van der Waals surface area (Å²) in [5.41, 5.74) is -0.421. The van der Waals surface area contributed by atoms with Gasteiger partial charge in [-0.05, 0) is 46.3 Å². The Kier molecular flexibility index (Phi) is 8.45. The molecule has 0 radical (unpaired) electrons. The van der Waals surface area contributed by atoms with E-state index in [-0.39, 0.29) is 5.78 Å². The van der Waals surface area contributed by atoms with E-state index in [0.717, 1.165) is 19.3 Å². The summed E-state index contributed by atoms with van der Waals surface area (Å²) >= 11 is 0. The van der Waals surface area contributed by atoms with E-state index in [9.17, 15) is 4.79 Å². The van der Waals surface area contributed by atoms with Crippen LogP contribution in [0.1, 0.15) is 86.0 Å². The Hall–Kier alpha value is -0.710. The van der Waals surface area contributed by atoms with Gasteiger partial charge in [-0.2, -0.15) is 4.89 Å². The average molecular weight is 326 g/mol. The SMILES string of the molecule is CCCCCCCCC[C@H]1O[C@](C)(OOC(C)(C)C)C=CC1=O. The zero-order valence-corrected chi connectivity index (χ0v) is 15.5. The van der Waals surface area contributed by atoms with Gasteiger partial charge in [-0.15, -0.1) is 0 Å². The smallest absolute Gasteiger partial charge is 0.219 e. The topological polar surface area (TPSA) is 44.8 Å². The molecule has 0 bridgehead atoms. The summed E-state index contributed by atoms with van der Waals surface area (Å²) in [4.78, 5) is 22.8. The van der Waals surface area contributed by atoms with E-state index in [1.54, 1.807) is 19.1 Å². The summed E-state index contributed by atoms with van der Waals surface area (Å²) in [6.45, 7) is 9.72. The van der Waals surface area contributed by atoms with Gasteiger partial charge in [-0.3, -0.25) is 4.79 Å². The van der Waals surface area contributed by atoms with Crippen molar-refractivity contribution in [2.75, 3.05) is 0 Å². The molecular formula is C19H34O4. The van der Waals surface area contributed by atoms with Crippen LogP contribution in [0, 0.1) is 0 Å². The van der Waals surface area contributed by atoms with Gasteiger partial charge in [0.25, 0.3) is 0 Å². The van der Waals surface area contributed by atoms with Crippen LogP contribution in [0.3, 0.4) is 0 Å². The van der Waals surface area contributed by atoms with Crippen molar-refractivity contribution in [2.45, 2.75) is 103 Å². The second-order valence-corrected chi connectivity index (χ2v) is 7.55. The fourth-order valence-corrected chi connectivity index (χ4v) is 2.46. The zero-order valence-electron chi connectivity index (χ0n) is 15.5. The van der Waals surface area contributed by atoms with Crippen LogP contribution in [0.25, 0.3) is 0 Å². The van der Waals surface area contributed by atoms with E-state index < -0.39 is 17.5 Å². The predicted octanol–water partition coefficient (Wildman–Crippen LogP) is 5.11. The third kappa shape index (κ3) is 8.63. The molecule has 0 fully saturated rings. The molecule has 23 heavy (non-hydrogen) atoms. The largest absolute Gasteiger partial charge is 0.333 e. The molecule has 0 aromatic rings. The van der Waals surface area contributed by atoms with Crippen molar-refractivity contribution >= 4 is 5.78 Å². The molecule has 4 nitrogen and oxygen atoms in total. The van der Waals surface area contributed by atoms with Crippen LogP contribution < -0.4 is 0 Å². The van der Waals surface area contributed by atoms with Gasteiger partial charge in [0.15, 0.2) is 5.78 Å². The van der Waals surface area contributed by atoms with Gasteiger partial charge in [-0.1, -0.05) is 51.9 Å². The van der Waals surface area contributed by atoms with Crippen LogP contribution in [0.2, 0.25) is 0 Å². The molecule has 0 N–H and O–H groups in total. The Morgan fingerprint density at radius 1 is 1.13 bits per heavy atom. The molecule has 0 amide bonds. The third-order valence-electron chi connectivity index (χ3n) is 3.77. The molecule has 2 atom stereocenters. The Bertz CT molecular complexity index is 383. The van der Waals surface area contributed by atoms with Gasteiger partial charge in [0.1, 0.15) is 6.10 Å². The molecule has 0 spiro atoms. The number of rotatable bonds is 10. The van der Waals surface area contributed by atoms with Crippen molar-refractivity contribution in [3.8, 4) is 0 Å². The highest BCUT2D eigenvalue weighted by molar-refractivity contribution is 5.94. The lowest BCUT2D eigenvalue weighted by atomic mass is 10.0. The second kappa shape index (κ2) is 9.55. The summed E-state index contributed by atoms with van der Waals surface area (Å²) in [5.74, 6) is -0.972.